The fourth-order valence-electron chi connectivity index (χ4n) is 1.30. The van der Waals surface area contributed by atoms with Crippen LogP contribution in [0.4, 0.5) is 10.2 Å². The van der Waals surface area contributed by atoms with Crippen molar-refractivity contribution in [1.82, 2.24) is 10.5 Å². The standard InChI is InChI=1S/C12H10FN3O2S/c13-10-6-8(12(17)15-18)7-14-11(10)16-19-9-4-2-1-3-5-9/h1-7,18H,(H,14,16)(H,15,17). The lowest BCUT2D eigenvalue weighted by Crippen LogP contribution is -2.19. The molecule has 1 aromatic heterocycles. The van der Waals surface area contributed by atoms with E-state index in [4.69, 9.17) is 5.21 Å². The third-order valence-corrected chi connectivity index (χ3v) is 3.02. The molecule has 0 aliphatic heterocycles. The zero-order valence-corrected chi connectivity index (χ0v) is 10.4. The summed E-state index contributed by atoms with van der Waals surface area (Å²) >= 11 is 1.21. The van der Waals surface area contributed by atoms with Crippen LogP contribution >= 0.6 is 11.9 Å². The van der Waals surface area contributed by atoms with Crippen molar-refractivity contribution < 1.29 is 14.4 Å². The second-order valence-electron chi connectivity index (χ2n) is 3.51. The minimum atomic E-state index is -0.811. The number of pyridine rings is 1. The third kappa shape index (κ3) is 3.43. The first kappa shape index (κ1) is 13.3. The molecule has 2 rings (SSSR count). The van der Waals surface area contributed by atoms with Crippen LogP contribution in [0.1, 0.15) is 10.4 Å². The largest absolute Gasteiger partial charge is 0.308 e. The van der Waals surface area contributed by atoms with Gasteiger partial charge in [-0.25, -0.2) is 14.9 Å². The van der Waals surface area contributed by atoms with Gasteiger partial charge in [-0.05, 0) is 30.1 Å². The first-order valence-electron chi connectivity index (χ1n) is 5.28. The molecule has 0 radical (unpaired) electrons. The molecule has 7 heteroatoms. The number of benzene rings is 1. The quantitative estimate of drug-likeness (QED) is 0.455. The van der Waals surface area contributed by atoms with E-state index in [-0.39, 0.29) is 11.4 Å². The fraction of sp³-hybridized carbons (Fsp3) is 0. The summed E-state index contributed by atoms with van der Waals surface area (Å²) in [7, 11) is 0. The van der Waals surface area contributed by atoms with E-state index in [0.717, 1.165) is 11.0 Å². The molecule has 0 aliphatic rings. The van der Waals surface area contributed by atoms with Crippen LogP contribution in [0.2, 0.25) is 0 Å². The molecule has 19 heavy (non-hydrogen) atoms. The zero-order chi connectivity index (χ0) is 13.7. The lowest BCUT2D eigenvalue weighted by molar-refractivity contribution is 0.0705. The SMILES string of the molecule is O=C(NO)c1cnc(NSc2ccccc2)c(F)c1. The Balaban J connectivity index is 2.07. The Morgan fingerprint density at radius 1 is 1.32 bits per heavy atom. The van der Waals surface area contributed by atoms with Gasteiger partial charge < -0.3 is 4.72 Å². The van der Waals surface area contributed by atoms with Crippen LogP contribution in [0.25, 0.3) is 0 Å². The van der Waals surface area contributed by atoms with Gasteiger partial charge in [0.05, 0.1) is 5.56 Å². The highest BCUT2D eigenvalue weighted by Crippen LogP contribution is 2.21. The van der Waals surface area contributed by atoms with Crippen LogP contribution in [0, 0.1) is 5.82 Å². The first-order valence-corrected chi connectivity index (χ1v) is 6.10. The smallest absolute Gasteiger partial charge is 0.276 e. The number of hydrogen-bond donors (Lipinski definition) is 3. The lowest BCUT2D eigenvalue weighted by Gasteiger charge is -2.06. The summed E-state index contributed by atoms with van der Waals surface area (Å²) in [6.07, 6.45) is 1.17. The molecule has 1 amide bonds. The average molecular weight is 279 g/mol. The molecule has 3 N–H and O–H groups in total. The van der Waals surface area contributed by atoms with E-state index in [1.165, 1.54) is 23.6 Å². The number of hydroxylamine groups is 1. The molecule has 1 heterocycles. The van der Waals surface area contributed by atoms with Crippen molar-refractivity contribution in [1.29, 1.82) is 0 Å². The highest BCUT2D eigenvalue weighted by molar-refractivity contribution is 8.00. The number of halogens is 1. The van der Waals surface area contributed by atoms with Gasteiger partial charge in [-0.1, -0.05) is 18.2 Å². The number of nitrogens with one attached hydrogen (secondary N) is 2. The summed E-state index contributed by atoms with van der Waals surface area (Å²) in [4.78, 5) is 15.7. The number of rotatable bonds is 4. The minimum Gasteiger partial charge on any atom is -0.308 e. The Morgan fingerprint density at radius 2 is 2.05 bits per heavy atom. The summed E-state index contributed by atoms with van der Waals surface area (Å²) in [6, 6.07) is 10.3. The second kappa shape index (κ2) is 6.17. The van der Waals surface area contributed by atoms with Gasteiger partial charge in [0.25, 0.3) is 5.91 Å². The Labute approximate surface area is 113 Å². The van der Waals surface area contributed by atoms with Crippen LogP contribution in [0.15, 0.2) is 47.5 Å². The van der Waals surface area contributed by atoms with Crippen molar-refractivity contribution in [2.75, 3.05) is 4.72 Å². The van der Waals surface area contributed by atoms with Gasteiger partial charge in [-0.15, -0.1) is 0 Å². The van der Waals surface area contributed by atoms with Gasteiger partial charge >= 0.3 is 0 Å². The average Bonchev–Trinajstić information content (AvgIpc) is 2.46. The number of carbonyl (C=O) groups excluding carboxylic acids is 1. The Hall–Kier alpha value is -2.12. The molecule has 0 spiro atoms. The Bertz CT molecular complexity index is 580. The van der Waals surface area contributed by atoms with Gasteiger partial charge in [0.15, 0.2) is 11.6 Å². The van der Waals surface area contributed by atoms with Crippen molar-refractivity contribution in [3.63, 3.8) is 0 Å². The topological polar surface area (TPSA) is 74.2 Å². The molecule has 0 fully saturated rings. The molecule has 0 bridgehead atoms. The highest BCUT2D eigenvalue weighted by Gasteiger charge is 2.10. The molecule has 0 aliphatic carbocycles. The van der Waals surface area contributed by atoms with Crippen molar-refractivity contribution in [2.45, 2.75) is 4.90 Å². The lowest BCUT2D eigenvalue weighted by atomic mass is 10.2. The number of anilines is 1. The summed E-state index contributed by atoms with van der Waals surface area (Å²) in [5.41, 5.74) is 1.35. The Morgan fingerprint density at radius 3 is 2.68 bits per heavy atom. The maximum absolute atomic E-state index is 13.6. The molecule has 2 aromatic rings. The maximum atomic E-state index is 13.6. The van der Waals surface area contributed by atoms with Crippen LogP contribution in [-0.4, -0.2) is 16.1 Å². The van der Waals surface area contributed by atoms with E-state index in [9.17, 15) is 9.18 Å². The van der Waals surface area contributed by atoms with E-state index in [0.29, 0.717) is 0 Å². The van der Waals surface area contributed by atoms with Crippen LogP contribution in [0.3, 0.4) is 0 Å². The summed E-state index contributed by atoms with van der Waals surface area (Å²) in [5.74, 6) is -1.47. The van der Waals surface area contributed by atoms with Crippen molar-refractivity contribution in [3.8, 4) is 0 Å². The fourth-order valence-corrected chi connectivity index (χ4v) is 1.96. The van der Waals surface area contributed by atoms with Crippen LogP contribution < -0.4 is 10.2 Å². The minimum absolute atomic E-state index is 0.0170. The molecule has 0 atom stereocenters. The molecule has 0 saturated heterocycles. The van der Waals surface area contributed by atoms with E-state index in [1.54, 1.807) is 0 Å². The Kier molecular flexibility index (Phi) is 4.32. The predicted octanol–water partition coefficient (Wildman–Crippen LogP) is 2.46. The summed E-state index contributed by atoms with van der Waals surface area (Å²) in [6.45, 7) is 0. The molecule has 1 aromatic carbocycles. The second-order valence-corrected chi connectivity index (χ2v) is 4.39. The molecule has 5 nitrogen and oxygen atoms in total. The van der Waals surface area contributed by atoms with E-state index < -0.39 is 11.7 Å². The van der Waals surface area contributed by atoms with E-state index in [2.05, 4.69) is 9.71 Å². The van der Waals surface area contributed by atoms with Crippen molar-refractivity contribution in [2.24, 2.45) is 0 Å². The number of hydrogen-bond acceptors (Lipinski definition) is 5. The molecular weight excluding hydrogens is 269 g/mol. The number of nitrogens with zero attached hydrogens (tertiary/aromatic N) is 1. The predicted molar refractivity (Wildman–Crippen MR) is 69.4 cm³/mol. The van der Waals surface area contributed by atoms with Gasteiger partial charge in [0, 0.05) is 11.1 Å². The number of amides is 1. The van der Waals surface area contributed by atoms with Gasteiger partial charge in [-0.2, -0.15) is 0 Å². The summed E-state index contributed by atoms with van der Waals surface area (Å²) in [5, 5.41) is 8.43. The summed E-state index contributed by atoms with van der Waals surface area (Å²) < 4.78 is 16.4. The maximum Gasteiger partial charge on any atom is 0.276 e. The van der Waals surface area contributed by atoms with Gasteiger partial charge in [0.2, 0.25) is 0 Å². The molecule has 98 valence electrons. The first-order chi connectivity index (χ1) is 9.20. The normalized spacial score (nSPS) is 10.0. The van der Waals surface area contributed by atoms with Crippen molar-refractivity contribution in [3.05, 3.63) is 54.0 Å². The van der Waals surface area contributed by atoms with Crippen LogP contribution in [-0.2, 0) is 0 Å². The van der Waals surface area contributed by atoms with E-state index >= 15 is 0 Å². The van der Waals surface area contributed by atoms with Crippen molar-refractivity contribution >= 4 is 23.7 Å². The van der Waals surface area contributed by atoms with Gasteiger partial charge in [0.1, 0.15) is 0 Å². The number of aromatic nitrogens is 1. The molecule has 0 saturated carbocycles. The van der Waals surface area contributed by atoms with Gasteiger partial charge in [-0.3, -0.25) is 10.0 Å². The molecule has 0 unspecified atom stereocenters. The highest BCUT2D eigenvalue weighted by atomic mass is 32.2. The number of carbonyl (C=O) groups is 1. The van der Waals surface area contributed by atoms with E-state index in [1.807, 2.05) is 30.3 Å². The zero-order valence-electron chi connectivity index (χ0n) is 9.63. The molecular formula is C12H10FN3O2S. The third-order valence-electron chi connectivity index (χ3n) is 2.21. The van der Waals surface area contributed by atoms with Crippen LogP contribution in [0.5, 0.6) is 0 Å². The monoisotopic (exact) mass is 279 g/mol.